The van der Waals surface area contributed by atoms with Gasteiger partial charge in [-0.05, 0) is 37.3 Å². The third-order valence-corrected chi connectivity index (χ3v) is 3.36. The normalized spacial score (nSPS) is 11.1. The Morgan fingerprint density at radius 3 is 2.63 bits per heavy atom. The Labute approximate surface area is 114 Å². The Morgan fingerprint density at radius 1 is 1.21 bits per heavy atom. The molecule has 0 amide bonds. The van der Waals surface area contributed by atoms with Gasteiger partial charge in [0.05, 0.1) is 11.8 Å². The van der Waals surface area contributed by atoms with Crippen LogP contribution in [0.2, 0.25) is 5.02 Å². The van der Waals surface area contributed by atoms with Crippen molar-refractivity contribution in [1.82, 2.24) is 14.1 Å². The van der Waals surface area contributed by atoms with Crippen LogP contribution in [0.25, 0.3) is 16.7 Å². The molecule has 0 spiro atoms. The molecular formula is C14H12ClN3O. The van der Waals surface area contributed by atoms with E-state index >= 15 is 0 Å². The van der Waals surface area contributed by atoms with Gasteiger partial charge in [-0.2, -0.15) is 0 Å². The standard InChI is InChI=1S/C14H12ClN3O/c1-2-17-9-16-12-7-8-18(13(12)14(17)19)11-5-3-10(15)4-6-11/h3-9H,2H2,1H3. The highest BCUT2D eigenvalue weighted by Gasteiger charge is 2.09. The number of fused-ring (bicyclic) bond motifs is 1. The van der Waals surface area contributed by atoms with E-state index in [-0.39, 0.29) is 5.56 Å². The van der Waals surface area contributed by atoms with Crippen LogP contribution in [-0.2, 0) is 6.54 Å². The molecule has 19 heavy (non-hydrogen) atoms. The Bertz CT molecular complexity index is 787. The van der Waals surface area contributed by atoms with Gasteiger partial charge in [0.2, 0.25) is 0 Å². The lowest BCUT2D eigenvalue weighted by Gasteiger charge is -2.06. The lowest BCUT2D eigenvalue weighted by atomic mass is 10.3. The summed E-state index contributed by atoms with van der Waals surface area (Å²) in [6.45, 7) is 2.53. The molecule has 0 unspecified atom stereocenters. The fraction of sp³-hybridized carbons (Fsp3) is 0.143. The van der Waals surface area contributed by atoms with Gasteiger partial charge >= 0.3 is 0 Å². The maximum absolute atomic E-state index is 12.4. The zero-order valence-electron chi connectivity index (χ0n) is 10.4. The number of nitrogens with zero attached hydrogens (tertiary/aromatic N) is 3. The summed E-state index contributed by atoms with van der Waals surface area (Å²) in [7, 11) is 0. The summed E-state index contributed by atoms with van der Waals surface area (Å²) in [4.78, 5) is 16.7. The lowest BCUT2D eigenvalue weighted by molar-refractivity contribution is 0.714. The van der Waals surface area contributed by atoms with Crippen molar-refractivity contribution in [2.75, 3.05) is 0 Å². The maximum atomic E-state index is 12.4. The predicted molar refractivity (Wildman–Crippen MR) is 76.0 cm³/mol. The van der Waals surface area contributed by atoms with Crippen LogP contribution < -0.4 is 5.56 Å². The van der Waals surface area contributed by atoms with Gasteiger partial charge in [-0.3, -0.25) is 9.36 Å². The molecule has 0 aliphatic rings. The first-order valence-electron chi connectivity index (χ1n) is 6.03. The largest absolute Gasteiger partial charge is 0.311 e. The minimum absolute atomic E-state index is 0.0348. The van der Waals surface area contributed by atoms with Gasteiger partial charge in [0.25, 0.3) is 5.56 Å². The number of hydrogen-bond donors (Lipinski definition) is 0. The molecule has 5 heteroatoms. The molecular weight excluding hydrogens is 262 g/mol. The van der Waals surface area contributed by atoms with E-state index in [0.29, 0.717) is 22.6 Å². The second-order valence-electron chi connectivity index (χ2n) is 4.23. The van der Waals surface area contributed by atoms with Crippen molar-refractivity contribution in [1.29, 1.82) is 0 Å². The van der Waals surface area contributed by atoms with Gasteiger partial charge in [0.15, 0.2) is 0 Å². The van der Waals surface area contributed by atoms with Crippen LogP contribution >= 0.6 is 11.6 Å². The van der Waals surface area contributed by atoms with E-state index in [0.717, 1.165) is 5.69 Å². The van der Waals surface area contributed by atoms with Gasteiger partial charge in [-0.15, -0.1) is 0 Å². The van der Waals surface area contributed by atoms with Gasteiger partial charge < -0.3 is 4.57 Å². The SMILES string of the molecule is CCn1cnc2ccn(-c3ccc(Cl)cc3)c2c1=O. The Morgan fingerprint density at radius 2 is 1.95 bits per heavy atom. The monoisotopic (exact) mass is 273 g/mol. The summed E-state index contributed by atoms with van der Waals surface area (Å²) in [6.07, 6.45) is 3.43. The highest BCUT2D eigenvalue weighted by Crippen LogP contribution is 2.18. The zero-order chi connectivity index (χ0) is 13.4. The van der Waals surface area contributed by atoms with Crippen LogP contribution in [0.4, 0.5) is 0 Å². The van der Waals surface area contributed by atoms with E-state index in [1.165, 1.54) is 0 Å². The molecule has 0 aliphatic carbocycles. The fourth-order valence-corrected chi connectivity index (χ4v) is 2.23. The fourth-order valence-electron chi connectivity index (χ4n) is 2.10. The van der Waals surface area contributed by atoms with Gasteiger partial charge in [0, 0.05) is 23.5 Å². The topological polar surface area (TPSA) is 39.8 Å². The molecule has 2 aromatic heterocycles. The Balaban J connectivity index is 2.30. The first-order chi connectivity index (χ1) is 9.20. The van der Waals surface area contributed by atoms with Gasteiger partial charge in [0.1, 0.15) is 5.52 Å². The quantitative estimate of drug-likeness (QED) is 0.720. The van der Waals surface area contributed by atoms with E-state index in [4.69, 9.17) is 11.6 Å². The van der Waals surface area contributed by atoms with Crippen LogP contribution in [0, 0.1) is 0 Å². The van der Waals surface area contributed by atoms with Crippen LogP contribution in [0.3, 0.4) is 0 Å². The molecule has 96 valence electrons. The van der Waals surface area contributed by atoms with Crippen molar-refractivity contribution in [2.45, 2.75) is 13.5 Å². The van der Waals surface area contributed by atoms with E-state index in [9.17, 15) is 4.79 Å². The number of rotatable bonds is 2. The molecule has 0 atom stereocenters. The first kappa shape index (κ1) is 12.0. The van der Waals surface area contributed by atoms with E-state index in [1.54, 1.807) is 23.0 Å². The summed E-state index contributed by atoms with van der Waals surface area (Å²) >= 11 is 5.88. The van der Waals surface area contributed by atoms with Crippen LogP contribution in [0.5, 0.6) is 0 Å². The highest BCUT2D eigenvalue weighted by molar-refractivity contribution is 6.30. The van der Waals surface area contributed by atoms with Crippen LogP contribution in [-0.4, -0.2) is 14.1 Å². The molecule has 0 fully saturated rings. The number of halogens is 1. The second kappa shape index (κ2) is 4.55. The average molecular weight is 274 g/mol. The zero-order valence-corrected chi connectivity index (χ0v) is 11.1. The summed E-state index contributed by atoms with van der Waals surface area (Å²) in [5.74, 6) is 0. The van der Waals surface area contributed by atoms with Gasteiger partial charge in [-0.25, -0.2) is 4.98 Å². The molecule has 0 saturated carbocycles. The molecule has 1 aromatic carbocycles. The number of aromatic nitrogens is 3. The first-order valence-corrected chi connectivity index (χ1v) is 6.41. The van der Waals surface area contributed by atoms with Crippen molar-refractivity contribution >= 4 is 22.6 Å². The minimum atomic E-state index is -0.0348. The Kier molecular flexibility index (Phi) is 2.87. The van der Waals surface area contributed by atoms with Crippen molar-refractivity contribution in [2.24, 2.45) is 0 Å². The van der Waals surface area contributed by atoms with E-state index in [2.05, 4.69) is 4.98 Å². The highest BCUT2D eigenvalue weighted by atomic mass is 35.5. The molecule has 2 heterocycles. The number of hydrogen-bond acceptors (Lipinski definition) is 2. The van der Waals surface area contributed by atoms with E-state index < -0.39 is 0 Å². The molecule has 0 aliphatic heterocycles. The molecule has 4 nitrogen and oxygen atoms in total. The average Bonchev–Trinajstić information content (AvgIpc) is 2.85. The van der Waals surface area contributed by atoms with Crippen LogP contribution in [0.15, 0.2) is 47.7 Å². The smallest absolute Gasteiger partial charge is 0.278 e. The van der Waals surface area contributed by atoms with Gasteiger partial charge in [-0.1, -0.05) is 11.6 Å². The maximum Gasteiger partial charge on any atom is 0.278 e. The summed E-state index contributed by atoms with van der Waals surface area (Å²) in [6, 6.07) is 9.20. The van der Waals surface area contributed by atoms with Crippen molar-refractivity contribution < 1.29 is 0 Å². The summed E-state index contributed by atoms with van der Waals surface area (Å²) < 4.78 is 3.43. The molecule has 3 aromatic rings. The number of benzene rings is 1. The molecule has 3 rings (SSSR count). The van der Waals surface area contributed by atoms with Crippen molar-refractivity contribution in [3.8, 4) is 5.69 Å². The van der Waals surface area contributed by atoms with Crippen molar-refractivity contribution in [3.05, 3.63) is 58.2 Å². The molecule has 0 bridgehead atoms. The predicted octanol–water partition coefficient (Wildman–Crippen LogP) is 2.86. The van der Waals surface area contributed by atoms with Crippen LogP contribution in [0.1, 0.15) is 6.92 Å². The lowest BCUT2D eigenvalue weighted by Crippen LogP contribution is -2.21. The van der Waals surface area contributed by atoms with E-state index in [1.807, 2.05) is 35.9 Å². The minimum Gasteiger partial charge on any atom is -0.311 e. The third kappa shape index (κ3) is 1.94. The summed E-state index contributed by atoms with van der Waals surface area (Å²) in [5.41, 5.74) is 2.15. The summed E-state index contributed by atoms with van der Waals surface area (Å²) in [5, 5.41) is 0.671. The molecule has 0 N–H and O–H groups in total. The number of aryl methyl sites for hydroxylation is 1. The Hall–Kier alpha value is -2.07. The molecule has 0 radical (unpaired) electrons. The molecule has 0 saturated heterocycles. The van der Waals surface area contributed by atoms with Crippen molar-refractivity contribution in [3.63, 3.8) is 0 Å². The second-order valence-corrected chi connectivity index (χ2v) is 4.67. The third-order valence-electron chi connectivity index (χ3n) is 3.11.